The Morgan fingerprint density at radius 1 is 1.35 bits per heavy atom. The average Bonchev–Trinajstić information content (AvgIpc) is 3.07. The third-order valence-corrected chi connectivity index (χ3v) is 4.13. The first kappa shape index (κ1) is 17.4. The van der Waals surface area contributed by atoms with Crippen molar-refractivity contribution >= 4 is 18.3 Å². The molecule has 1 fully saturated rings. The maximum absolute atomic E-state index is 12.3. The van der Waals surface area contributed by atoms with E-state index in [1.54, 1.807) is 17.1 Å². The first-order valence-electron chi connectivity index (χ1n) is 7.71. The van der Waals surface area contributed by atoms with Crippen LogP contribution < -0.4 is 11.1 Å². The molecule has 2 atom stereocenters. The number of aromatic nitrogens is 3. The van der Waals surface area contributed by atoms with Crippen molar-refractivity contribution in [3.63, 3.8) is 0 Å². The number of halogens is 1. The van der Waals surface area contributed by atoms with Crippen LogP contribution in [0.4, 0.5) is 0 Å². The summed E-state index contributed by atoms with van der Waals surface area (Å²) in [7, 11) is 0. The topological polar surface area (TPSA) is 85.8 Å². The zero-order chi connectivity index (χ0) is 15.4. The summed E-state index contributed by atoms with van der Waals surface area (Å²) in [5.74, 6) is 0.868. The first-order chi connectivity index (χ1) is 10.7. The van der Waals surface area contributed by atoms with Crippen molar-refractivity contribution in [3.05, 3.63) is 42.4 Å². The Labute approximate surface area is 141 Å². The number of carbonyl (C=O) groups is 1. The van der Waals surface area contributed by atoms with E-state index in [0.717, 1.165) is 37.1 Å². The van der Waals surface area contributed by atoms with Gasteiger partial charge in [-0.3, -0.25) is 4.79 Å². The summed E-state index contributed by atoms with van der Waals surface area (Å²) >= 11 is 0. The molecule has 0 saturated heterocycles. The second-order valence-electron chi connectivity index (χ2n) is 5.78. The van der Waals surface area contributed by atoms with Gasteiger partial charge in [-0.2, -0.15) is 5.10 Å². The number of amides is 1. The molecule has 3 rings (SSSR count). The Kier molecular flexibility index (Phi) is 6.12. The lowest BCUT2D eigenvalue weighted by atomic mass is 9.85. The van der Waals surface area contributed by atoms with Crippen LogP contribution >= 0.6 is 12.4 Å². The van der Waals surface area contributed by atoms with E-state index in [-0.39, 0.29) is 30.3 Å². The van der Waals surface area contributed by atoms with Crippen molar-refractivity contribution in [1.82, 2.24) is 20.1 Å². The minimum atomic E-state index is 0. The van der Waals surface area contributed by atoms with Gasteiger partial charge < -0.3 is 11.1 Å². The molecule has 3 N–H and O–H groups in total. The molecular formula is C16H22ClN5O. The maximum Gasteiger partial charge on any atom is 0.223 e. The van der Waals surface area contributed by atoms with Crippen LogP contribution in [0.2, 0.25) is 0 Å². The van der Waals surface area contributed by atoms with Gasteiger partial charge in [0.1, 0.15) is 0 Å². The fraction of sp³-hybridized carbons (Fsp3) is 0.438. The molecule has 2 aromatic rings. The van der Waals surface area contributed by atoms with Crippen molar-refractivity contribution in [3.8, 4) is 5.82 Å². The molecule has 1 saturated carbocycles. The van der Waals surface area contributed by atoms with Crippen molar-refractivity contribution < 1.29 is 4.79 Å². The summed E-state index contributed by atoms with van der Waals surface area (Å²) < 4.78 is 1.71. The minimum absolute atomic E-state index is 0. The largest absolute Gasteiger partial charge is 0.352 e. The van der Waals surface area contributed by atoms with Gasteiger partial charge >= 0.3 is 0 Å². The molecule has 1 amide bonds. The van der Waals surface area contributed by atoms with Gasteiger partial charge in [0.15, 0.2) is 5.82 Å². The molecular weight excluding hydrogens is 314 g/mol. The lowest BCUT2D eigenvalue weighted by Gasteiger charge is -2.25. The number of carbonyl (C=O) groups excluding carboxylic acids is 1. The molecule has 0 aromatic carbocycles. The van der Waals surface area contributed by atoms with E-state index in [0.29, 0.717) is 6.54 Å². The molecule has 124 valence electrons. The molecule has 1 aliphatic carbocycles. The molecule has 6 nitrogen and oxygen atoms in total. The summed E-state index contributed by atoms with van der Waals surface area (Å²) in [4.78, 5) is 16.7. The summed E-state index contributed by atoms with van der Waals surface area (Å²) in [6.45, 7) is 0.452. The molecule has 23 heavy (non-hydrogen) atoms. The predicted octanol–water partition coefficient (Wildman–Crippen LogP) is 1.82. The maximum atomic E-state index is 12.3. The number of nitrogens with one attached hydrogen (secondary N) is 1. The number of pyridine rings is 1. The van der Waals surface area contributed by atoms with Gasteiger partial charge in [-0.15, -0.1) is 12.4 Å². The highest BCUT2D eigenvalue weighted by molar-refractivity contribution is 5.85. The van der Waals surface area contributed by atoms with Crippen LogP contribution in [0.1, 0.15) is 31.2 Å². The Balaban J connectivity index is 0.00000192. The van der Waals surface area contributed by atoms with Crippen LogP contribution in [0.5, 0.6) is 0 Å². The molecule has 0 spiro atoms. The highest BCUT2D eigenvalue weighted by atomic mass is 35.5. The van der Waals surface area contributed by atoms with Crippen LogP contribution in [0.3, 0.4) is 0 Å². The molecule has 0 bridgehead atoms. The minimum Gasteiger partial charge on any atom is -0.352 e. The van der Waals surface area contributed by atoms with Gasteiger partial charge in [0.05, 0.1) is 0 Å². The van der Waals surface area contributed by atoms with E-state index < -0.39 is 0 Å². The number of nitrogens with two attached hydrogens (primary N) is 1. The fourth-order valence-electron chi connectivity index (χ4n) is 2.96. The molecule has 0 radical (unpaired) electrons. The quantitative estimate of drug-likeness (QED) is 0.892. The third kappa shape index (κ3) is 4.30. The number of hydrogen-bond acceptors (Lipinski definition) is 4. The van der Waals surface area contributed by atoms with Crippen LogP contribution in [-0.2, 0) is 11.3 Å². The van der Waals surface area contributed by atoms with E-state index in [1.165, 1.54) is 0 Å². The van der Waals surface area contributed by atoms with E-state index >= 15 is 0 Å². The second-order valence-corrected chi connectivity index (χ2v) is 5.78. The van der Waals surface area contributed by atoms with Crippen molar-refractivity contribution in [2.45, 2.75) is 38.3 Å². The highest BCUT2D eigenvalue weighted by Gasteiger charge is 2.25. The summed E-state index contributed by atoms with van der Waals surface area (Å²) in [5, 5.41) is 7.21. The van der Waals surface area contributed by atoms with Gasteiger partial charge in [0, 0.05) is 42.7 Å². The number of nitrogens with zero attached hydrogens (tertiary/aromatic N) is 3. The Morgan fingerprint density at radius 3 is 2.96 bits per heavy atom. The third-order valence-electron chi connectivity index (χ3n) is 4.13. The van der Waals surface area contributed by atoms with E-state index in [9.17, 15) is 4.79 Å². The lowest BCUT2D eigenvalue weighted by molar-refractivity contribution is -0.126. The Bertz CT molecular complexity index is 631. The second kappa shape index (κ2) is 8.08. The van der Waals surface area contributed by atoms with E-state index in [4.69, 9.17) is 5.73 Å². The predicted molar refractivity (Wildman–Crippen MR) is 90.4 cm³/mol. The molecule has 0 aliphatic heterocycles. The average molecular weight is 336 g/mol. The first-order valence-corrected chi connectivity index (χ1v) is 7.71. The van der Waals surface area contributed by atoms with E-state index in [1.807, 2.05) is 24.4 Å². The molecule has 2 unspecified atom stereocenters. The summed E-state index contributed by atoms with van der Waals surface area (Å²) in [5.41, 5.74) is 6.90. The van der Waals surface area contributed by atoms with Gasteiger partial charge in [-0.1, -0.05) is 12.5 Å². The van der Waals surface area contributed by atoms with Crippen molar-refractivity contribution in [1.29, 1.82) is 0 Å². The molecule has 1 aliphatic rings. The van der Waals surface area contributed by atoms with Crippen molar-refractivity contribution in [2.75, 3.05) is 0 Å². The van der Waals surface area contributed by atoms with Gasteiger partial charge in [0.2, 0.25) is 5.91 Å². The Hall–Kier alpha value is -1.92. The summed E-state index contributed by atoms with van der Waals surface area (Å²) in [6.07, 6.45) is 9.04. The van der Waals surface area contributed by atoms with Crippen LogP contribution in [0.15, 0.2) is 36.8 Å². The van der Waals surface area contributed by atoms with Crippen molar-refractivity contribution in [2.24, 2.45) is 11.7 Å². The molecule has 2 heterocycles. The van der Waals surface area contributed by atoms with Gasteiger partial charge in [0.25, 0.3) is 0 Å². The van der Waals surface area contributed by atoms with Crippen LogP contribution in [-0.4, -0.2) is 26.7 Å². The fourth-order valence-corrected chi connectivity index (χ4v) is 2.96. The van der Waals surface area contributed by atoms with Gasteiger partial charge in [-0.05, 0) is 31.4 Å². The highest BCUT2D eigenvalue weighted by Crippen LogP contribution is 2.23. The number of hydrogen-bond donors (Lipinski definition) is 2. The van der Waals surface area contributed by atoms with Crippen LogP contribution in [0.25, 0.3) is 5.82 Å². The zero-order valence-electron chi connectivity index (χ0n) is 12.9. The monoisotopic (exact) mass is 335 g/mol. The summed E-state index contributed by atoms with van der Waals surface area (Å²) in [6, 6.07) is 5.82. The standard InChI is InChI=1S/C16H21N5O.ClH/c17-14-6-1-4-12(10-14)16(22)19-11-13-5-2-7-18-15(13)21-9-3-8-20-21;/h2-3,5,7-9,12,14H,1,4,6,10-11,17H2,(H,19,22);1H. The zero-order valence-corrected chi connectivity index (χ0v) is 13.7. The molecule has 2 aromatic heterocycles. The smallest absolute Gasteiger partial charge is 0.223 e. The van der Waals surface area contributed by atoms with Gasteiger partial charge in [-0.25, -0.2) is 9.67 Å². The van der Waals surface area contributed by atoms with Crippen LogP contribution in [0, 0.1) is 5.92 Å². The van der Waals surface area contributed by atoms with E-state index in [2.05, 4.69) is 15.4 Å². The SMILES string of the molecule is Cl.NC1CCCC(C(=O)NCc2cccnc2-n2cccn2)C1. The Morgan fingerprint density at radius 2 is 2.22 bits per heavy atom. The lowest BCUT2D eigenvalue weighted by Crippen LogP contribution is -2.37. The molecule has 7 heteroatoms. The normalized spacial score (nSPS) is 20.6. The number of rotatable bonds is 4.